The number of rotatable bonds is 6. The Morgan fingerprint density at radius 1 is 1.46 bits per heavy atom. The molecule has 0 aliphatic carbocycles. The quantitative estimate of drug-likeness (QED) is 0.634. The highest BCUT2D eigenvalue weighted by Crippen LogP contribution is 2.09. The molecule has 0 aromatic carbocycles. The van der Waals surface area contributed by atoms with Gasteiger partial charge < -0.3 is 9.84 Å². The Kier molecular flexibility index (Phi) is 5.30. The zero-order valence-electron chi connectivity index (χ0n) is 8.24. The largest absolute Gasteiger partial charge is 0.481 e. The molecule has 2 atom stereocenters. The summed E-state index contributed by atoms with van der Waals surface area (Å²) in [5.74, 6) is -2.52. The Labute approximate surface area is 77.9 Å². The number of carboxylic acids is 1. The van der Waals surface area contributed by atoms with Crippen LogP contribution in [0.4, 0.5) is 0 Å². The summed E-state index contributed by atoms with van der Waals surface area (Å²) in [6.45, 7) is 5.29. The third-order valence-corrected chi connectivity index (χ3v) is 1.76. The Morgan fingerprint density at radius 2 is 2.00 bits per heavy atom. The molecule has 1 N–H and O–H groups in total. The fourth-order valence-corrected chi connectivity index (χ4v) is 1.11. The third kappa shape index (κ3) is 4.03. The molecule has 0 saturated heterocycles. The maximum Gasteiger partial charge on any atom is 0.316 e. The molecule has 76 valence electrons. The van der Waals surface area contributed by atoms with E-state index in [1.807, 2.05) is 6.92 Å². The average molecular weight is 188 g/mol. The molecular weight excluding hydrogens is 172 g/mol. The van der Waals surface area contributed by atoms with Gasteiger partial charge in [-0.3, -0.25) is 9.59 Å². The average Bonchev–Trinajstić information content (AvgIpc) is 1.99. The lowest BCUT2D eigenvalue weighted by Crippen LogP contribution is -2.33. The topological polar surface area (TPSA) is 63.6 Å². The van der Waals surface area contributed by atoms with Crippen molar-refractivity contribution in [1.29, 1.82) is 0 Å². The van der Waals surface area contributed by atoms with Gasteiger partial charge in [-0.1, -0.05) is 6.92 Å². The van der Waals surface area contributed by atoms with Crippen LogP contribution in [0.2, 0.25) is 0 Å². The zero-order chi connectivity index (χ0) is 10.4. The standard InChI is InChI=1S/C9H16O4/c1-4-5-13-7(3)8(6(2)10)9(11)12/h7-8H,4-5H2,1-3H3,(H,11,12). The second kappa shape index (κ2) is 5.70. The van der Waals surface area contributed by atoms with Crippen molar-refractivity contribution >= 4 is 11.8 Å². The van der Waals surface area contributed by atoms with Crippen LogP contribution in [0.5, 0.6) is 0 Å². The van der Waals surface area contributed by atoms with Crippen LogP contribution in [0.15, 0.2) is 0 Å². The maximum atomic E-state index is 10.9. The molecule has 4 heteroatoms. The van der Waals surface area contributed by atoms with Crippen molar-refractivity contribution in [1.82, 2.24) is 0 Å². The highest BCUT2D eigenvalue weighted by Gasteiger charge is 2.29. The maximum absolute atomic E-state index is 10.9. The second-order valence-corrected chi connectivity index (χ2v) is 3.00. The van der Waals surface area contributed by atoms with Crippen LogP contribution in [-0.4, -0.2) is 29.6 Å². The summed E-state index contributed by atoms with van der Waals surface area (Å²) >= 11 is 0. The highest BCUT2D eigenvalue weighted by molar-refractivity contribution is 5.97. The van der Waals surface area contributed by atoms with Crippen molar-refractivity contribution in [3.63, 3.8) is 0 Å². The van der Waals surface area contributed by atoms with Crippen LogP contribution >= 0.6 is 0 Å². The van der Waals surface area contributed by atoms with Gasteiger partial charge in [0.1, 0.15) is 11.7 Å². The van der Waals surface area contributed by atoms with Crippen LogP contribution in [0, 0.1) is 5.92 Å². The summed E-state index contributed by atoms with van der Waals surface area (Å²) < 4.78 is 5.17. The van der Waals surface area contributed by atoms with Crippen LogP contribution < -0.4 is 0 Å². The van der Waals surface area contributed by atoms with E-state index in [2.05, 4.69) is 0 Å². The Hall–Kier alpha value is -0.900. The van der Waals surface area contributed by atoms with Crippen molar-refractivity contribution in [2.45, 2.75) is 33.3 Å². The monoisotopic (exact) mass is 188 g/mol. The van der Waals surface area contributed by atoms with E-state index in [-0.39, 0.29) is 5.78 Å². The van der Waals surface area contributed by atoms with Gasteiger partial charge in [-0.2, -0.15) is 0 Å². The van der Waals surface area contributed by atoms with Crippen LogP contribution in [0.25, 0.3) is 0 Å². The molecule has 0 bridgehead atoms. The number of ether oxygens (including phenoxy) is 1. The van der Waals surface area contributed by atoms with E-state index in [1.165, 1.54) is 6.92 Å². The first-order chi connectivity index (χ1) is 6.00. The fourth-order valence-electron chi connectivity index (χ4n) is 1.11. The molecule has 0 aliphatic rings. The Bertz CT molecular complexity index is 174. The molecule has 0 saturated carbocycles. The number of aliphatic carboxylic acids is 1. The molecular formula is C9H16O4. The van der Waals surface area contributed by atoms with E-state index in [4.69, 9.17) is 9.84 Å². The Balaban J connectivity index is 4.20. The minimum atomic E-state index is -1.11. The summed E-state index contributed by atoms with van der Waals surface area (Å²) in [5, 5.41) is 8.71. The minimum absolute atomic E-state index is 0.365. The predicted molar refractivity (Wildman–Crippen MR) is 47.5 cm³/mol. The van der Waals surface area contributed by atoms with Gasteiger partial charge >= 0.3 is 5.97 Å². The van der Waals surface area contributed by atoms with Gasteiger partial charge in [0.05, 0.1) is 6.10 Å². The molecule has 0 radical (unpaired) electrons. The molecule has 0 spiro atoms. The van der Waals surface area contributed by atoms with Gasteiger partial charge in [-0.25, -0.2) is 0 Å². The molecule has 0 aromatic heterocycles. The minimum Gasteiger partial charge on any atom is -0.481 e. The second-order valence-electron chi connectivity index (χ2n) is 3.00. The van der Waals surface area contributed by atoms with E-state index in [9.17, 15) is 9.59 Å². The van der Waals surface area contributed by atoms with Gasteiger partial charge in [0, 0.05) is 6.61 Å². The van der Waals surface area contributed by atoms with E-state index in [0.29, 0.717) is 6.61 Å². The number of ketones is 1. The number of carbonyl (C=O) groups is 2. The van der Waals surface area contributed by atoms with Gasteiger partial charge in [0.25, 0.3) is 0 Å². The van der Waals surface area contributed by atoms with Crippen molar-refractivity contribution in [2.24, 2.45) is 5.92 Å². The van der Waals surface area contributed by atoms with Gasteiger partial charge in [0.15, 0.2) is 0 Å². The molecule has 13 heavy (non-hydrogen) atoms. The molecule has 0 fully saturated rings. The summed E-state index contributed by atoms with van der Waals surface area (Å²) in [6.07, 6.45) is 0.268. The van der Waals surface area contributed by atoms with Gasteiger partial charge in [0.2, 0.25) is 0 Å². The van der Waals surface area contributed by atoms with Crippen LogP contribution in [0.1, 0.15) is 27.2 Å². The lowest BCUT2D eigenvalue weighted by molar-refractivity contribution is -0.151. The number of hydrogen-bond acceptors (Lipinski definition) is 3. The van der Waals surface area contributed by atoms with Crippen molar-refractivity contribution < 1.29 is 19.4 Å². The van der Waals surface area contributed by atoms with Crippen LogP contribution in [0.3, 0.4) is 0 Å². The molecule has 2 unspecified atom stereocenters. The molecule has 0 rings (SSSR count). The van der Waals surface area contributed by atoms with Gasteiger partial charge in [-0.05, 0) is 20.3 Å². The van der Waals surface area contributed by atoms with E-state index >= 15 is 0 Å². The number of carbonyl (C=O) groups excluding carboxylic acids is 1. The van der Waals surface area contributed by atoms with E-state index in [0.717, 1.165) is 6.42 Å². The lowest BCUT2D eigenvalue weighted by atomic mass is 10.00. The summed E-state index contributed by atoms with van der Waals surface area (Å²) in [4.78, 5) is 21.6. The number of hydrogen-bond donors (Lipinski definition) is 1. The smallest absolute Gasteiger partial charge is 0.316 e. The number of Topliss-reactive ketones (excluding diaryl/α,β-unsaturated/α-hetero) is 1. The molecule has 4 nitrogen and oxygen atoms in total. The van der Waals surface area contributed by atoms with E-state index < -0.39 is 18.0 Å². The number of carboxylic acid groups (broad SMARTS) is 1. The first kappa shape index (κ1) is 12.1. The molecule has 0 aromatic rings. The SMILES string of the molecule is CCCOC(C)C(C(C)=O)C(=O)O. The normalized spacial score (nSPS) is 15.0. The van der Waals surface area contributed by atoms with Crippen molar-refractivity contribution in [3.8, 4) is 0 Å². The predicted octanol–water partition coefficient (Wildman–Crippen LogP) is 1.09. The zero-order valence-corrected chi connectivity index (χ0v) is 8.24. The Morgan fingerprint density at radius 3 is 2.31 bits per heavy atom. The summed E-state index contributed by atoms with van der Waals surface area (Å²) in [5.41, 5.74) is 0. The first-order valence-corrected chi connectivity index (χ1v) is 4.35. The lowest BCUT2D eigenvalue weighted by Gasteiger charge is -2.17. The summed E-state index contributed by atoms with van der Waals surface area (Å²) in [7, 11) is 0. The van der Waals surface area contributed by atoms with E-state index in [1.54, 1.807) is 6.92 Å². The van der Waals surface area contributed by atoms with Crippen LogP contribution in [-0.2, 0) is 14.3 Å². The van der Waals surface area contributed by atoms with Gasteiger partial charge in [-0.15, -0.1) is 0 Å². The fraction of sp³-hybridized carbons (Fsp3) is 0.778. The van der Waals surface area contributed by atoms with Crippen molar-refractivity contribution in [2.75, 3.05) is 6.61 Å². The van der Waals surface area contributed by atoms with Crippen molar-refractivity contribution in [3.05, 3.63) is 0 Å². The highest BCUT2D eigenvalue weighted by atomic mass is 16.5. The first-order valence-electron chi connectivity index (χ1n) is 4.35. The summed E-state index contributed by atoms with van der Waals surface area (Å²) in [6, 6.07) is 0. The molecule has 0 heterocycles. The third-order valence-electron chi connectivity index (χ3n) is 1.76. The molecule has 0 aliphatic heterocycles. The molecule has 0 amide bonds.